The first kappa shape index (κ1) is 15.3. The molecule has 0 aliphatic heterocycles. The van der Waals surface area contributed by atoms with E-state index in [4.69, 9.17) is 11.6 Å². The van der Waals surface area contributed by atoms with Gasteiger partial charge in [0.1, 0.15) is 0 Å². The van der Waals surface area contributed by atoms with E-state index in [2.05, 4.69) is 62.5 Å². The van der Waals surface area contributed by atoms with E-state index >= 15 is 0 Å². The van der Waals surface area contributed by atoms with Crippen molar-refractivity contribution >= 4 is 50.5 Å². The maximum absolute atomic E-state index is 6.16. The Hall–Kier alpha value is -0.630. The highest BCUT2D eigenvalue weighted by Gasteiger charge is 2.16. The third kappa shape index (κ3) is 3.41. The van der Waals surface area contributed by atoms with E-state index < -0.39 is 0 Å². The van der Waals surface area contributed by atoms with Crippen LogP contribution in [0, 0.1) is 3.57 Å². The minimum absolute atomic E-state index is 0.227. The lowest BCUT2D eigenvalue weighted by atomic mass is 10.0. The second-order valence-corrected chi connectivity index (χ2v) is 7.28. The Kier molecular flexibility index (Phi) is 4.83. The molecule has 0 spiro atoms. The predicted molar refractivity (Wildman–Crippen MR) is 97.4 cm³/mol. The van der Waals surface area contributed by atoms with Crippen LogP contribution in [-0.4, -0.2) is 15.9 Å². The number of imidazole rings is 1. The van der Waals surface area contributed by atoms with Crippen LogP contribution in [-0.2, 0) is 6.42 Å². The summed E-state index contributed by atoms with van der Waals surface area (Å²) in [6.45, 7) is 3.03. The molecule has 0 saturated heterocycles. The number of aromatic nitrogens is 2. The Balaban J connectivity index is 1.90. The predicted octanol–water partition coefficient (Wildman–Crippen LogP) is 4.55. The van der Waals surface area contributed by atoms with E-state index in [0.29, 0.717) is 0 Å². The Morgan fingerprint density at radius 2 is 2.33 bits per heavy atom. The normalized spacial score (nSPS) is 12.9. The molecular formula is C15H15ClIN3S. The molecule has 0 aliphatic carbocycles. The van der Waals surface area contributed by atoms with Gasteiger partial charge in [-0.2, -0.15) is 0 Å². The highest BCUT2D eigenvalue weighted by Crippen LogP contribution is 2.27. The standard InChI is InChI=1S/C15H15ClIN3S/c1-2-18-14(12-7-10(16)3-4-13(12)17)8-11-9-20-5-6-21-15(20)19-11/h3-7,9,14,18H,2,8H2,1H3. The minimum atomic E-state index is 0.227. The Bertz CT molecular complexity index is 724. The smallest absolute Gasteiger partial charge is 0.193 e. The Morgan fingerprint density at radius 3 is 3.10 bits per heavy atom. The maximum Gasteiger partial charge on any atom is 0.193 e. The minimum Gasteiger partial charge on any atom is -0.310 e. The summed E-state index contributed by atoms with van der Waals surface area (Å²) < 4.78 is 3.30. The summed E-state index contributed by atoms with van der Waals surface area (Å²) in [4.78, 5) is 5.72. The van der Waals surface area contributed by atoms with Gasteiger partial charge in [0.05, 0.1) is 5.69 Å². The van der Waals surface area contributed by atoms with E-state index in [1.54, 1.807) is 11.3 Å². The summed E-state index contributed by atoms with van der Waals surface area (Å²) in [6.07, 6.45) is 5.01. The highest BCUT2D eigenvalue weighted by atomic mass is 127. The summed E-state index contributed by atoms with van der Waals surface area (Å²) in [7, 11) is 0. The molecule has 0 bridgehead atoms. The summed E-state index contributed by atoms with van der Waals surface area (Å²) in [6, 6.07) is 6.27. The first-order chi connectivity index (χ1) is 10.2. The molecule has 1 atom stereocenters. The van der Waals surface area contributed by atoms with Gasteiger partial charge in [0, 0.05) is 38.8 Å². The van der Waals surface area contributed by atoms with Gasteiger partial charge < -0.3 is 5.32 Å². The maximum atomic E-state index is 6.16. The number of nitrogens with one attached hydrogen (secondary N) is 1. The van der Waals surface area contributed by atoms with E-state index in [1.165, 1.54) is 9.13 Å². The third-order valence-electron chi connectivity index (χ3n) is 3.34. The summed E-state index contributed by atoms with van der Waals surface area (Å²) in [5, 5.41) is 6.37. The van der Waals surface area contributed by atoms with Crippen molar-refractivity contribution in [3.8, 4) is 0 Å². The lowest BCUT2D eigenvalue weighted by Crippen LogP contribution is -2.24. The van der Waals surface area contributed by atoms with Gasteiger partial charge >= 0.3 is 0 Å². The van der Waals surface area contributed by atoms with Crippen molar-refractivity contribution in [2.45, 2.75) is 19.4 Å². The molecule has 0 amide bonds. The number of benzene rings is 1. The molecule has 0 saturated carbocycles. The molecule has 21 heavy (non-hydrogen) atoms. The zero-order valence-electron chi connectivity index (χ0n) is 11.5. The fraction of sp³-hybridized carbons (Fsp3) is 0.267. The average Bonchev–Trinajstić information content (AvgIpc) is 3.02. The zero-order chi connectivity index (χ0) is 14.8. The fourth-order valence-corrected chi connectivity index (χ4v) is 4.01. The number of halogens is 2. The summed E-state index contributed by atoms with van der Waals surface area (Å²) in [5.74, 6) is 0. The van der Waals surface area contributed by atoms with E-state index in [-0.39, 0.29) is 6.04 Å². The Morgan fingerprint density at radius 1 is 1.48 bits per heavy atom. The third-order valence-corrected chi connectivity index (χ3v) is 5.33. The van der Waals surface area contributed by atoms with Gasteiger partial charge in [0.2, 0.25) is 0 Å². The molecule has 0 fully saturated rings. The van der Waals surface area contributed by atoms with Gasteiger partial charge in [-0.3, -0.25) is 4.40 Å². The molecular weight excluding hydrogens is 417 g/mol. The zero-order valence-corrected chi connectivity index (χ0v) is 15.2. The molecule has 3 aromatic rings. The topological polar surface area (TPSA) is 29.3 Å². The molecule has 0 aliphatic rings. The second-order valence-electron chi connectivity index (χ2n) is 4.81. The van der Waals surface area contributed by atoms with E-state index in [1.807, 2.05) is 17.6 Å². The number of nitrogens with zero attached hydrogens (tertiary/aromatic N) is 2. The molecule has 3 rings (SSSR count). The average molecular weight is 432 g/mol. The SMILES string of the molecule is CCNC(Cc1cn2ccsc2n1)c1cc(Cl)ccc1I. The molecule has 3 nitrogen and oxygen atoms in total. The van der Waals surface area contributed by atoms with Crippen LogP contribution in [0.3, 0.4) is 0 Å². The molecule has 6 heteroatoms. The van der Waals surface area contributed by atoms with E-state index in [9.17, 15) is 0 Å². The van der Waals surface area contributed by atoms with Crippen molar-refractivity contribution < 1.29 is 0 Å². The van der Waals surface area contributed by atoms with Crippen molar-refractivity contribution in [2.24, 2.45) is 0 Å². The highest BCUT2D eigenvalue weighted by molar-refractivity contribution is 14.1. The van der Waals surface area contributed by atoms with Crippen molar-refractivity contribution in [3.63, 3.8) is 0 Å². The van der Waals surface area contributed by atoms with Gasteiger partial charge in [-0.25, -0.2) is 4.98 Å². The van der Waals surface area contributed by atoms with Gasteiger partial charge in [-0.15, -0.1) is 11.3 Å². The van der Waals surface area contributed by atoms with E-state index in [0.717, 1.165) is 28.6 Å². The molecule has 2 aromatic heterocycles. The monoisotopic (exact) mass is 431 g/mol. The number of thiazole rings is 1. The lowest BCUT2D eigenvalue weighted by molar-refractivity contribution is 0.543. The summed E-state index contributed by atoms with van der Waals surface area (Å²) >= 11 is 10.2. The van der Waals surface area contributed by atoms with Crippen LogP contribution in [0.15, 0.2) is 36.0 Å². The number of likely N-dealkylation sites (N-methyl/N-ethyl adjacent to an activating group) is 1. The number of hydrogen-bond acceptors (Lipinski definition) is 3. The van der Waals surface area contributed by atoms with Crippen LogP contribution in [0.5, 0.6) is 0 Å². The number of hydrogen-bond donors (Lipinski definition) is 1. The van der Waals surface area contributed by atoms with Crippen LogP contribution in [0.25, 0.3) is 4.96 Å². The summed E-state index contributed by atoms with van der Waals surface area (Å²) in [5.41, 5.74) is 2.34. The van der Waals surface area contributed by atoms with Crippen LogP contribution >= 0.6 is 45.5 Å². The molecule has 2 heterocycles. The van der Waals surface area contributed by atoms with Gasteiger partial charge in [-0.05, 0) is 52.9 Å². The van der Waals surface area contributed by atoms with Crippen LogP contribution < -0.4 is 5.32 Å². The number of fused-ring (bicyclic) bond motifs is 1. The van der Waals surface area contributed by atoms with Crippen molar-refractivity contribution in [1.29, 1.82) is 0 Å². The fourth-order valence-electron chi connectivity index (χ4n) is 2.40. The lowest BCUT2D eigenvalue weighted by Gasteiger charge is -2.19. The molecule has 1 unspecified atom stereocenters. The number of rotatable bonds is 5. The molecule has 1 aromatic carbocycles. The van der Waals surface area contributed by atoms with Crippen LogP contribution in [0.2, 0.25) is 5.02 Å². The first-order valence-electron chi connectivity index (χ1n) is 6.76. The van der Waals surface area contributed by atoms with Gasteiger partial charge in [-0.1, -0.05) is 18.5 Å². The van der Waals surface area contributed by atoms with Crippen molar-refractivity contribution in [1.82, 2.24) is 14.7 Å². The largest absolute Gasteiger partial charge is 0.310 e. The van der Waals surface area contributed by atoms with Crippen molar-refractivity contribution in [3.05, 3.63) is 55.8 Å². The second kappa shape index (κ2) is 6.64. The van der Waals surface area contributed by atoms with Gasteiger partial charge in [0.15, 0.2) is 4.96 Å². The molecule has 110 valence electrons. The molecule has 0 radical (unpaired) electrons. The van der Waals surface area contributed by atoms with Gasteiger partial charge in [0.25, 0.3) is 0 Å². The van der Waals surface area contributed by atoms with Crippen molar-refractivity contribution in [2.75, 3.05) is 6.54 Å². The van der Waals surface area contributed by atoms with Crippen LogP contribution in [0.1, 0.15) is 24.2 Å². The quantitative estimate of drug-likeness (QED) is 0.601. The Labute approximate surface area is 146 Å². The molecule has 1 N–H and O–H groups in total. The van der Waals surface area contributed by atoms with Crippen LogP contribution in [0.4, 0.5) is 0 Å². The first-order valence-corrected chi connectivity index (χ1v) is 9.10.